The third-order valence-corrected chi connectivity index (χ3v) is 4.78. The second-order valence-electron chi connectivity index (χ2n) is 5.94. The maximum absolute atomic E-state index is 12.3. The molecule has 1 fully saturated rings. The Labute approximate surface area is 120 Å². The largest absolute Gasteiger partial charge is 0.383 e. The topological polar surface area (TPSA) is 83.2 Å². The van der Waals surface area contributed by atoms with E-state index in [1.165, 1.54) is 19.0 Å². The summed E-state index contributed by atoms with van der Waals surface area (Å²) in [5, 5.41) is 3.34. The van der Waals surface area contributed by atoms with Gasteiger partial charge in [-0.25, -0.2) is 13.1 Å². The van der Waals surface area contributed by atoms with Crippen LogP contribution in [0.1, 0.15) is 32.4 Å². The van der Waals surface area contributed by atoms with E-state index in [1.54, 1.807) is 27.0 Å². The molecule has 0 spiro atoms. The third kappa shape index (κ3) is 4.31. The van der Waals surface area contributed by atoms with E-state index in [0.29, 0.717) is 19.2 Å². The minimum Gasteiger partial charge on any atom is -0.383 e. The van der Waals surface area contributed by atoms with Gasteiger partial charge in [0.15, 0.2) is 0 Å². The number of hydrogen-bond acceptors (Lipinski definition) is 4. The molecule has 0 aromatic carbocycles. The highest BCUT2D eigenvalue weighted by atomic mass is 32.2. The predicted octanol–water partition coefficient (Wildman–Crippen LogP) is 0.970. The number of methoxy groups -OCH3 is 1. The van der Waals surface area contributed by atoms with Gasteiger partial charge in [-0.15, -0.1) is 0 Å². The number of sulfonamides is 1. The summed E-state index contributed by atoms with van der Waals surface area (Å²) >= 11 is 0. The van der Waals surface area contributed by atoms with E-state index < -0.39 is 15.6 Å². The Morgan fingerprint density at radius 3 is 2.75 bits per heavy atom. The summed E-state index contributed by atoms with van der Waals surface area (Å²) < 4.78 is 32.2. The normalized spacial score (nSPS) is 16.6. The van der Waals surface area contributed by atoms with Crippen LogP contribution in [-0.2, 0) is 21.3 Å². The minimum absolute atomic E-state index is 0.259. The van der Waals surface area contributed by atoms with Gasteiger partial charge < -0.3 is 15.0 Å². The first-order valence-electron chi connectivity index (χ1n) is 6.76. The Morgan fingerprint density at radius 2 is 2.15 bits per heavy atom. The molecule has 1 aliphatic carbocycles. The average Bonchev–Trinajstić information content (AvgIpc) is 3.01. The number of rotatable bonds is 8. The van der Waals surface area contributed by atoms with Crippen molar-refractivity contribution in [1.82, 2.24) is 15.0 Å². The molecule has 1 aromatic rings. The van der Waals surface area contributed by atoms with Crippen molar-refractivity contribution in [1.29, 1.82) is 0 Å². The van der Waals surface area contributed by atoms with Crippen LogP contribution < -0.4 is 10.0 Å². The van der Waals surface area contributed by atoms with Crippen LogP contribution in [0.25, 0.3) is 0 Å². The lowest BCUT2D eigenvalue weighted by molar-refractivity contribution is 0.141. The molecule has 0 aliphatic heterocycles. The molecule has 0 unspecified atom stereocenters. The van der Waals surface area contributed by atoms with Crippen molar-refractivity contribution in [3.05, 3.63) is 18.0 Å². The summed E-state index contributed by atoms with van der Waals surface area (Å²) in [6.07, 6.45) is 3.94. The SMILES string of the molecule is COCC(C)(C)NS(=O)(=O)c1c[nH]c(CNC2CC2)c1. The molecule has 6 nitrogen and oxygen atoms in total. The van der Waals surface area contributed by atoms with E-state index in [4.69, 9.17) is 4.74 Å². The molecule has 2 rings (SSSR count). The van der Waals surface area contributed by atoms with Gasteiger partial charge in [0.1, 0.15) is 0 Å². The summed E-state index contributed by atoms with van der Waals surface area (Å²) in [5.74, 6) is 0. The Kier molecular flexibility index (Phi) is 4.53. The molecule has 1 aromatic heterocycles. The van der Waals surface area contributed by atoms with Gasteiger partial charge in [0, 0.05) is 31.6 Å². The quantitative estimate of drug-likeness (QED) is 0.668. The molecule has 0 amide bonds. The smallest absolute Gasteiger partial charge is 0.242 e. The minimum atomic E-state index is -3.53. The molecule has 1 aliphatic rings. The number of H-pyrrole nitrogens is 1. The van der Waals surface area contributed by atoms with E-state index >= 15 is 0 Å². The van der Waals surface area contributed by atoms with Crippen LogP contribution in [0.5, 0.6) is 0 Å². The molecule has 0 atom stereocenters. The van der Waals surface area contributed by atoms with E-state index in [2.05, 4.69) is 15.0 Å². The Balaban J connectivity index is 2.01. The molecule has 0 saturated heterocycles. The lowest BCUT2D eigenvalue weighted by Gasteiger charge is -2.24. The predicted molar refractivity (Wildman–Crippen MR) is 76.9 cm³/mol. The average molecular weight is 301 g/mol. The number of nitrogens with one attached hydrogen (secondary N) is 3. The van der Waals surface area contributed by atoms with Crippen LogP contribution in [0.2, 0.25) is 0 Å². The van der Waals surface area contributed by atoms with Gasteiger partial charge in [-0.1, -0.05) is 0 Å². The van der Waals surface area contributed by atoms with Crippen LogP contribution in [-0.4, -0.2) is 38.7 Å². The van der Waals surface area contributed by atoms with Gasteiger partial charge >= 0.3 is 0 Å². The summed E-state index contributed by atoms with van der Waals surface area (Å²) in [6, 6.07) is 2.26. The first-order valence-corrected chi connectivity index (χ1v) is 8.24. The molecule has 20 heavy (non-hydrogen) atoms. The molecular weight excluding hydrogens is 278 g/mol. The van der Waals surface area contributed by atoms with Crippen LogP contribution >= 0.6 is 0 Å². The maximum atomic E-state index is 12.3. The zero-order valence-electron chi connectivity index (χ0n) is 12.2. The van der Waals surface area contributed by atoms with Crippen molar-refractivity contribution in [3.63, 3.8) is 0 Å². The zero-order valence-corrected chi connectivity index (χ0v) is 13.0. The Morgan fingerprint density at radius 1 is 1.45 bits per heavy atom. The van der Waals surface area contributed by atoms with Crippen LogP contribution in [0.4, 0.5) is 0 Å². The monoisotopic (exact) mass is 301 g/mol. The lowest BCUT2D eigenvalue weighted by Crippen LogP contribution is -2.46. The van der Waals surface area contributed by atoms with E-state index in [1.807, 2.05) is 0 Å². The molecule has 114 valence electrons. The standard InChI is InChI=1S/C13H23N3O3S/c1-13(2,9-19-3)16-20(17,18)12-6-11(15-8-12)7-14-10-4-5-10/h6,8,10,14-16H,4-5,7,9H2,1-3H3. The Hall–Kier alpha value is -0.890. The number of aromatic amines is 1. The number of ether oxygens (including phenoxy) is 1. The van der Waals surface area contributed by atoms with Gasteiger partial charge in [-0.2, -0.15) is 0 Å². The second-order valence-corrected chi connectivity index (χ2v) is 7.62. The van der Waals surface area contributed by atoms with Crippen molar-refractivity contribution in [3.8, 4) is 0 Å². The van der Waals surface area contributed by atoms with Gasteiger partial charge in [0.05, 0.1) is 17.0 Å². The fourth-order valence-corrected chi connectivity index (χ4v) is 3.45. The summed E-state index contributed by atoms with van der Waals surface area (Å²) in [7, 11) is -1.98. The highest BCUT2D eigenvalue weighted by molar-refractivity contribution is 7.89. The first kappa shape index (κ1) is 15.5. The summed E-state index contributed by atoms with van der Waals surface area (Å²) in [5.41, 5.74) is 0.235. The molecule has 0 bridgehead atoms. The van der Waals surface area contributed by atoms with Crippen LogP contribution in [0, 0.1) is 0 Å². The van der Waals surface area contributed by atoms with E-state index in [-0.39, 0.29) is 4.90 Å². The van der Waals surface area contributed by atoms with Crippen LogP contribution in [0.15, 0.2) is 17.2 Å². The summed E-state index contributed by atoms with van der Waals surface area (Å²) in [4.78, 5) is 3.26. The highest BCUT2D eigenvalue weighted by Crippen LogP contribution is 2.20. The van der Waals surface area contributed by atoms with Gasteiger partial charge in [-0.05, 0) is 32.8 Å². The number of hydrogen-bond donors (Lipinski definition) is 3. The van der Waals surface area contributed by atoms with Crippen LogP contribution in [0.3, 0.4) is 0 Å². The van der Waals surface area contributed by atoms with E-state index in [9.17, 15) is 8.42 Å². The first-order chi connectivity index (χ1) is 9.32. The second kappa shape index (κ2) is 5.85. The maximum Gasteiger partial charge on any atom is 0.242 e. The zero-order chi connectivity index (χ0) is 14.8. The Bertz CT molecular complexity index is 547. The van der Waals surface area contributed by atoms with Crippen molar-refractivity contribution in [2.75, 3.05) is 13.7 Å². The van der Waals surface area contributed by atoms with Crippen molar-refractivity contribution >= 4 is 10.0 Å². The summed E-state index contributed by atoms with van der Waals surface area (Å²) in [6.45, 7) is 4.56. The lowest BCUT2D eigenvalue weighted by atomic mass is 10.1. The molecule has 1 heterocycles. The molecule has 7 heteroatoms. The molecule has 1 saturated carbocycles. The third-order valence-electron chi connectivity index (χ3n) is 3.10. The fourth-order valence-electron chi connectivity index (χ4n) is 2.03. The number of aromatic nitrogens is 1. The van der Waals surface area contributed by atoms with Crippen molar-refractivity contribution < 1.29 is 13.2 Å². The van der Waals surface area contributed by atoms with Crippen molar-refractivity contribution in [2.24, 2.45) is 0 Å². The van der Waals surface area contributed by atoms with Gasteiger partial charge in [0.2, 0.25) is 10.0 Å². The van der Waals surface area contributed by atoms with E-state index in [0.717, 1.165) is 5.69 Å². The molecular formula is C13H23N3O3S. The highest BCUT2D eigenvalue weighted by Gasteiger charge is 2.27. The molecule has 0 radical (unpaired) electrons. The molecule has 3 N–H and O–H groups in total. The fraction of sp³-hybridized carbons (Fsp3) is 0.692. The van der Waals surface area contributed by atoms with Gasteiger partial charge in [-0.3, -0.25) is 0 Å². The van der Waals surface area contributed by atoms with Gasteiger partial charge in [0.25, 0.3) is 0 Å². The van der Waals surface area contributed by atoms with Crippen molar-refractivity contribution in [2.45, 2.75) is 49.7 Å².